The molecule has 7 fully saturated rings. The van der Waals surface area contributed by atoms with Crippen molar-refractivity contribution in [3.63, 3.8) is 0 Å². The Bertz CT molecular complexity index is 1920. The van der Waals surface area contributed by atoms with Gasteiger partial charge >= 0.3 is 0 Å². The summed E-state index contributed by atoms with van der Waals surface area (Å²) < 4.78 is 31.6. The number of sulfonamides is 1. The Kier molecular flexibility index (Phi) is 7.44. The number of aliphatic hydroxyl groups excluding tert-OH is 1. The van der Waals surface area contributed by atoms with E-state index in [2.05, 4.69) is 32.1 Å². The minimum atomic E-state index is -3.83. The molecular weight excluding hydrogens is 687 g/mol. The molecule has 0 amide bonds. The minimum Gasteiger partial charge on any atom is -0.393 e. The maximum absolute atomic E-state index is 14.8. The van der Waals surface area contributed by atoms with E-state index >= 15 is 0 Å². The van der Waals surface area contributed by atoms with Gasteiger partial charge in [0.2, 0.25) is 0 Å². The average molecular weight is 742 g/mol. The van der Waals surface area contributed by atoms with Crippen LogP contribution in [0.5, 0.6) is 0 Å². The molecule has 8 heteroatoms. The standard InChI is InChI=1S/C44H55NO5S2/c1-39-13-10-33(46)25-42(39)16-17-44(34(26-42)38(47)32-7-4-3-5-8-32)35(39)11-14-40(2)36(44)12-15-43(40,48)28-45(52(49,50)37-9-6-18-51-37)27-41-22-29-19-30(23-41)21-31(20-29)24-41/h3-9,16-18,26,29-31,33,35-36,46,48H,10-15,19-25,27-28H2,1-2H3/t29?,30?,31?,33?,35-,36-,39-,40+,41?,42+,43-,44-/m1/s1. The number of aliphatic hydroxyl groups is 2. The molecule has 0 aliphatic heterocycles. The molecular formula is C44H55NO5S2. The third kappa shape index (κ3) is 4.51. The number of Topliss-reactive ketones (excluding diaryl/α,β-unsaturated/α-hetero) is 1. The Hall–Kier alpha value is -2.10. The van der Waals surface area contributed by atoms with Crippen molar-refractivity contribution in [1.82, 2.24) is 4.31 Å². The number of allylic oxidation sites excluding steroid dienone is 4. The van der Waals surface area contributed by atoms with Crippen LogP contribution in [0.4, 0.5) is 0 Å². The van der Waals surface area contributed by atoms with Crippen LogP contribution >= 0.6 is 11.3 Å². The van der Waals surface area contributed by atoms with Crippen LogP contribution in [-0.4, -0.2) is 53.5 Å². The molecule has 1 heterocycles. The van der Waals surface area contributed by atoms with Crippen LogP contribution in [0.2, 0.25) is 0 Å². The van der Waals surface area contributed by atoms with Gasteiger partial charge in [0.15, 0.2) is 5.78 Å². The number of thiophene rings is 1. The molecule has 278 valence electrons. The third-order valence-electron chi connectivity index (χ3n) is 17.2. The number of hydrogen-bond donors (Lipinski definition) is 2. The largest absolute Gasteiger partial charge is 0.393 e. The smallest absolute Gasteiger partial charge is 0.252 e. The van der Waals surface area contributed by atoms with Gasteiger partial charge in [-0.15, -0.1) is 11.3 Å². The van der Waals surface area contributed by atoms with E-state index < -0.39 is 32.6 Å². The molecule has 2 aromatic rings. The number of rotatable bonds is 8. The van der Waals surface area contributed by atoms with E-state index in [1.165, 1.54) is 30.6 Å². The highest BCUT2D eigenvalue weighted by Gasteiger charge is 2.75. The number of carbonyl (C=O) groups is 1. The van der Waals surface area contributed by atoms with Gasteiger partial charge in [0.1, 0.15) is 4.21 Å². The first-order valence-corrected chi connectivity index (χ1v) is 22.5. The van der Waals surface area contributed by atoms with Crippen molar-refractivity contribution in [1.29, 1.82) is 0 Å². The zero-order chi connectivity index (χ0) is 35.9. The fourth-order valence-corrected chi connectivity index (χ4v) is 18.0. The van der Waals surface area contributed by atoms with Crippen LogP contribution in [-0.2, 0) is 10.0 Å². The summed E-state index contributed by atoms with van der Waals surface area (Å²) in [5.41, 5.74) is -1.40. The first kappa shape index (κ1) is 34.4. The van der Waals surface area contributed by atoms with E-state index in [4.69, 9.17) is 0 Å². The minimum absolute atomic E-state index is 0.0122. The van der Waals surface area contributed by atoms with Crippen molar-refractivity contribution in [2.24, 2.45) is 56.7 Å². The zero-order valence-corrected chi connectivity index (χ0v) is 32.4. The molecule has 1 unspecified atom stereocenters. The number of fused-ring (bicyclic) bond motifs is 1. The Morgan fingerprint density at radius 3 is 2.15 bits per heavy atom. The Morgan fingerprint density at radius 2 is 1.48 bits per heavy atom. The molecule has 8 atom stereocenters. The van der Waals surface area contributed by atoms with Gasteiger partial charge in [-0.1, -0.05) is 68.5 Å². The molecule has 2 N–H and O–H groups in total. The molecule has 6 nitrogen and oxygen atoms in total. The molecule has 6 bridgehead atoms. The van der Waals surface area contributed by atoms with E-state index in [0.717, 1.165) is 56.9 Å². The molecule has 2 spiro atoms. The summed E-state index contributed by atoms with van der Waals surface area (Å²) in [5.74, 6) is 2.34. The van der Waals surface area contributed by atoms with Crippen LogP contribution in [0.25, 0.3) is 0 Å². The second-order valence-corrected chi connectivity index (χ2v) is 22.7. The Balaban J connectivity index is 1.06. The highest BCUT2D eigenvalue weighted by molar-refractivity contribution is 7.91. The fourth-order valence-electron chi connectivity index (χ4n) is 15.3. The van der Waals surface area contributed by atoms with Gasteiger partial charge in [0, 0.05) is 40.5 Å². The van der Waals surface area contributed by atoms with Crippen LogP contribution in [0, 0.1) is 56.7 Å². The number of carbonyl (C=O) groups excluding carboxylic acids is 1. The Morgan fingerprint density at radius 1 is 0.827 bits per heavy atom. The fraction of sp³-hybridized carbons (Fsp3) is 0.659. The van der Waals surface area contributed by atoms with Gasteiger partial charge < -0.3 is 10.2 Å². The van der Waals surface area contributed by atoms with Crippen molar-refractivity contribution >= 4 is 27.1 Å². The third-order valence-corrected chi connectivity index (χ3v) is 20.4. The van der Waals surface area contributed by atoms with Gasteiger partial charge in [-0.25, -0.2) is 8.42 Å². The topological polar surface area (TPSA) is 94.9 Å². The van der Waals surface area contributed by atoms with Crippen LogP contribution in [0.3, 0.4) is 0 Å². The lowest BCUT2D eigenvalue weighted by Gasteiger charge is -2.71. The van der Waals surface area contributed by atoms with Gasteiger partial charge in [0.25, 0.3) is 10.0 Å². The molecule has 0 saturated heterocycles. The average Bonchev–Trinajstić information content (AvgIpc) is 3.75. The second-order valence-electron chi connectivity index (χ2n) is 19.6. The van der Waals surface area contributed by atoms with Crippen LogP contribution in [0.1, 0.15) is 108 Å². The molecule has 1 aromatic carbocycles. The maximum atomic E-state index is 14.8. The zero-order valence-electron chi connectivity index (χ0n) is 30.8. The normalized spacial score (nSPS) is 46.9. The predicted molar refractivity (Wildman–Crippen MR) is 203 cm³/mol. The molecule has 0 radical (unpaired) electrons. The Labute approximate surface area is 313 Å². The van der Waals surface area contributed by atoms with Gasteiger partial charge in [-0.05, 0) is 135 Å². The lowest BCUT2D eigenvalue weighted by molar-refractivity contribution is -0.175. The highest BCUT2D eigenvalue weighted by Crippen LogP contribution is 2.78. The first-order chi connectivity index (χ1) is 24.7. The molecule has 10 aliphatic rings. The summed E-state index contributed by atoms with van der Waals surface area (Å²) >= 11 is 1.28. The monoisotopic (exact) mass is 741 g/mol. The van der Waals surface area contributed by atoms with Gasteiger partial charge in [0.05, 0.1) is 11.7 Å². The van der Waals surface area contributed by atoms with Crippen molar-refractivity contribution < 1.29 is 23.4 Å². The first-order valence-electron chi connectivity index (χ1n) is 20.2. The molecule has 1 aromatic heterocycles. The predicted octanol–water partition coefficient (Wildman–Crippen LogP) is 8.43. The van der Waals surface area contributed by atoms with Crippen LogP contribution < -0.4 is 0 Å². The van der Waals surface area contributed by atoms with E-state index in [0.29, 0.717) is 46.9 Å². The summed E-state index contributed by atoms with van der Waals surface area (Å²) in [4.78, 5) is 14.8. The van der Waals surface area contributed by atoms with E-state index in [-0.39, 0.29) is 40.4 Å². The number of ketones is 1. The van der Waals surface area contributed by atoms with Gasteiger partial charge in [-0.2, -0.15) is 4.31 Å². The van der Waals surface area contributed by atoms with E-state index in [9.17, 15) is 23.4 Å². The maximum Gasteiger partial charge on any atom is 0.252 e. The quantitative estimate of drug-likeness (QED) is 0.209. The van der Waals surface area contributed by atoms with Gasteiger partial charge in [-0.3, -0.25) is 4.79 Å². The van der Waals surface area contributed by atoms with Crippen molar-refractivity contribution in [3.05, 3.63) is 77.2 Å². The molecule has 12 rings (SSSR count). The molecule has 52 heavy (non-hydrogen) atoms. The lowest BCUT2D eigenvalue weighted by Crippen LogP contribution is -2.67. The summed E-state index contributed by atoms with van der Waals surface area (Å²) in [6.07, 6.45) is 19.0. The summed E-state index contributed by atoms with van der Waals surface area (Å²) in [7, 11) is -3.83. The number of benzene rings is 1. The van der Waals surface area contributed by atoms with E-state index in [1.807, 2.05) is 41.8 Å². The highest BCUT2D eigenvalue weighted by atomic mass is 32.2. The number of nitrogens with zero attached hydrogens (tertiary/aromatic N) is 1. The van der Waals surface area contributed by atoms with Crippen LogP contribution in [0.15, 0.2) is 75.9 Å². The van der Waals surface area contributed by atoms with Crippen molar-refractivity contribution in [2.75, 3.05) is 13.1 Å². The summed E-state index contributed by atoms with van der Waals surface area (Å²) in [6, 6.07) is 13.2. The van der Waals surface area contributed by atoms with Crippen molar-refractivity contribution in [3.8, 4) is 0 Å². The summed E-state index contributed by atoms with van der Waals surface area (Å²) in [5, 5.41) is 26.2. The summed E-state index contributed by atoms with van der Waals surface area (Å²) in [6.45, 7) is 5.24. The van der Waals surface area contributed by atoms with Crippen molar-refractivity contribution in [2.45, 2.75) is 113 Å². The SMILES string of the molecule is C[C@]12CC[C@H]3[C@]4(C=C[C@@]5(C=C4C(=O)c4ccccc4)CC(O)CC[C@]35C)[C@@H]1CC[C@@]2(O)CN(CC12CC3CC(CC(C3)C1)C2)S(=O)(=O)c1cccs1. The second kappa shape index (κ2) is 11.2. The van der Waals surface area contributed by atoms with E-state index in [1.54, 1.807) is 10.4 Å². The number of hydrogen-bond acceptors (Lipinski definition) is 6. The molecule has 7 saturated carbocycles. The molecule has 10 aliphatic carbocycles. The lowest BCUT2D eigenvalue weighted by atomic mass is 9.32.